The molecule has 0 aliphatic heterocycles. The van der Waals surface area contributed by atoms with Gasteiger partial charge in [-0.1, -0.05) is 0 Å². The van der Waals surface area contributed by atoms with Gasteiger partial charge in [0.15, 0.2) is 0 Å². The Morgan fingerprint density at radius 3 is 2.65 bits per heavy atom. The second-order valence-corrected chi connectivity index (χ2v) is 4.77. The zero-order valence-corrected chi connectivity index (χ0v) is 10.3. The summed E-state index contributed by atoms with van der Waals surface area (Å²) in [6, 6.07) is 1.96. The van der Waals surface area contributed by atoms with E-state index in [-0.39, 0.29) is 18.1 Å². The molecule has 1 aromatic rings. The molecule has 0 unspecified atom stereocenters. The number of rotatable bonds is 2. The average molecular weight is 237 g/mol. The fourth-order valence-electron chi connectivity index (χ4n) is 2.15. The van der Waals surface area contributed by atoms with E-state index in [0.29, 0.717) is 5.69 Å². The van der Waals surface area contributed by atoms with Gasteiger partial charge >= 0.3 is 0 Å². The molecule has 0 bridgehead atoms. The Hall–Kier alpha value is -1.36. The molecule has 1 aliphatic rings. The molecular formula is C12H19N3O2. The number of carbonyl (C=O) groups is 1. The van der Waals surface area contributed by atoms with Crippen molar-refractivity contribution in [2.45, 2.75) is 44.8 Å². The summed E-state index contributed by atoms with van der Waals surface area (Å²) in [5, 5.41) is 16.5. The van der Waals surface area contributed by atoms with Crippen molar-refractivity contribution in [2.24, 2.45) is 7.05 Å². The molecule has 1 saturated carbocycles. The Morgan fingerprint density at radius 2 is 2.12 bits per heavy atom. The third-order valence-corrected chi connectivity index (χ3v) is 3.38. The summed E-state index contributed by atoms with van der Waals surface area (Å²) >= 11 is 0. The van der Waals surface area contributed by atoms with Crippen LogP contribution in [0.1, 0.15) is 41.9 Å². The zero-order valence-electron chi connectivity index (χ0n) is 10.3. The van der Waals surface area contributed by atoms with Crippen LogP contribution in [0.3, 0.4) is 0 Å². The third-order valence-electron chi connectivity index (χ3n) is 3.38. The molecule has 5 heteroatoms. The van der Waals surface area contributed by atoms with Crippen molar-refractivity contribution in [3.05, 3.63) is 17.5 Å². The van der Waals surface area contributed by atoms with Gasteiger partial charge in [-0.2, -0.15) is 5.10 Å². The maximum absolute atomic E-state index is 11.9. The SMILES string of the molecule is Cc1cc(C(=O)NC2CCC(O)CC2)nn1C. The van der Waals surface area contributed by atoms with Crippen LogP contribution in [0.5, 0.6) is 0 Å². The van der Waals surface area contributed by atoms with E-state index in [1.165, 1.54) is 0 Å². The Balaban J connectivity index is 1.93. The number of hydrogen-bond donors (Lipinski definition) is 2. The summed E-state index contributed by atoms with van der Waals surface area (Å²) in [7, 11) is 1.82. The summed E-state index contributed by atoms with van der Waals surface area (Å²) in [6.45, 7) is 1.92. The van der Waals surface area contributed by atoms with Crippen LogP contribution in [0, 0.1) is 6.92 Å². The van der Waals surface area contributed by atoms with Gasteiger partial charge in [0.1, 0.15) is 5.69 Å². The first kappa shape index (κ1) is 12.1. The molecule has 2 rings (SSSR count). The second-order valence-electron chi connectivity index (χ2n) is 4.77. The number of aryl methyl sites for hydroxylation is 2. The van der Waals surface area contributed by atoms with Crippen LogP contribution in [-0.2, 0) is 7.05 Å². The fourth-order valence-corrected chi connectivity index (χ4v) is 2.15. The smallest absolute Gasteiger partial charge is 0.272 e. The van der Waals surface area contributed by atoms with Crippen LogP contribution in [0.4, 0.5) is 0 Å². The van der Waals surface area contributed by atoms with Crippen molar-refractivity contribution < 1.29 is 9.90 Å². The van der Waals surface area contributed by atoms with Gasteiger partial charge in [0.2, 0.25) is 0 Å². The van der Waals surface area contributed by atoms with Crippen LogP contribution in [-0.4, -0.2) is 32.9 Å². The molecule has 0 saturated heterocycles. The zero-order chi connectivity index (χ0) is 12.4. The van der Waals surface area contributed by atoms with Crippen molar-refractivity contribution in [1.29, 1.82) is 0 Å². The molecule has 17 heavy (non-hydrogen) atoms. The normalized spacial score (nSPS) is 24.6. The van der Waals surface area contributed by atoms with E-state index < -0.39 is 0 Å². The monoisotopic (exact) mass is 237 g/mol. The lowest BCUT2D eigenvalue weighted by Gasteiger charge is -2.25. The molecule has 1 amide bonds. The van der Waals surface area contributed by atoms with Crippen LogP contribution in [0.15, 0.2) is 6.07 Å². The van der Waals surface area contributed by atoms with Crippen molar-refractivity contribution >= 4 is 5.91 Å². The maximum Gasteiger partial charge on any atom is 0.272 e. The molecule has 2 N–H and O–H groups in total. The predicted octanol–water partition coefficient (Wildman–Crippen LogP) is 0.762. The number of hydrogen-bond acceptors (Lipinski definition) is 3. The molecule has 1 aliphatic carbocycles. The highest BCUT2D eigenvalue weighted by Crippen LogP contribution is 2.18. The number of nitrogens with zero attached hydrogens (tertiary/aromatic N) is 2. The highest BCUT2D eigenvalue weighted by molar-refractivity contribution is 5.92. The third kappa shape index (κ3) is 2.85. The second kappa shape index (κ2) is 4.87. The van der Waals surface area contributed by atoms with Gasteiger partial charge in [0.05, 0.1) is 6.10 Å². The Morgan fingerprint density at radius 1 is 1.47 bits per heavy atom. The Kier molecular flexibility index (Phi) is 3.47. The Labute approximate surface area is 101 Å². The predicted molar refractivity (Wildman–Crippen MR) is 63.7 cm³/mol. The van der Waals surface area contributed by atoms with E-state index in [0.717, 1.165) is 31.4 Å². The molecule has 0 aromatic carbocycles. The minimum absolute atomic E-state index is 0.116. The molecular weight excluding hydrogens is 218 g/mol. The van der Waals surface area contributed by atoms with Crippen LogP contribution >= 0.6 is 0 Å². The summed E-state index contributed by atoms with van der Waals surface area (Å²) in [4.78, 5) is 11.9. The first-order chi connectivity index (χ1) is 8.06. The number of carbonyl (C=O) groups excluding carboxylic acids is 1. The van der Waals surface area contributed by atoms with Crippen molar-refractivity contribution in [3.8, 4) is 0 Å². The topological polar surface area (TPSA) is 67.2 Å². The van der Waals surface area contributed by atoms with Crippen LogP contribution < -0.4 is 5.32 Å². The Bertz CT molecular complexity index is 386. The van der Waals surface area contributed by atoms with Gasteiger partial charge in [-0.15, -0.1) is 0 Å². The summed E-state index contributed by atoms with van der Waals surface area (Å²) in [6.07, 6.45) is 3.04. The lowest BCUT2D eigenvalue weighted by molar-refractivity contribution is 0.0862. The molecule has 1 aromatic heterocycles. The number of aliphatic hydroxyl groups is 1. The highest BCUT2D eigenvalue weighted by atomic mass is 16.3. The van der Waals surface area contributed by atoms with Gasteiger partial charge < -0.3 is 10.4 Å². The molecule has 0 atom stereocenters. The summed E-state index contributed by atoms with van der Waals surface area (Å²) in [5.41, 5.74) is 1.44. The van der Waals surface area contributed by atoms with E-state index in [4.69, 9.17) is 0 Å². The van der Waals surface area contributed by atoms with Gasteiger partial charge in [-0.05, 0) is 38.7 Å². The quantitative estimate of drug-likeness (QED) is 0.798. The minimum Gasteiger partial charge on any atom is -0.393 e. The standard InChI is InChI=1S/C12H19N3O2/c1-8-7-11(14-15(8)2)12(17)13-9-3-5-10(16)6-4-9/h7,9-10,16H,3-6H2,1-2H3,(H,13,17). The first-order valence-electron chi connectivity index (χ1n) is 6.06. The van der Waals surface area contributed by atoms with Crippen molar-refractivity contribution in [3.63, 3.8) is 0 Å². The van der Waals surface area contributed by atoms with Gasteiger partial charge in [-0.25, -0.2) is 0 Å². The lowest BCUT2D eigenvalue weighted by Crippen LogP contribution is -2.38. The summed E-state index contributed by atoms with van der Waals surface area (Å²) in [5.74, 6) is -0.116. The molecule has 0 spiro atoms. The largest absolute Gasteiger partial charge is 0.393 e. The average Bonchev–Trinajstić information content (AvgIpc) is 2.63. The maximum atomic E-state index is 11.9. The lowest BCUT2D eigenvalue weighted by atomic mass is 9.93. The van der Waals surface area contributed by atoms with Gasteiger partial charge in [0.25, 0.3) is 5.91 Å². The number of amides is 1. The first-order valence-corrected chi connectivity index (χ1v) is 6.06. The van der Waals surface area contributed by atoms with Crippen molar-refractivity contribution in [2.75, 3.05) is 0 Å². The van der Waals surface area contributed by atoms with Crippen molar-refractivity contribution in [1.82, 2.24) is 15.1 Å². The molecule has 1 fully saturated rings. The molecule has 94 valence electrons. The van der Waals surface area contributed by atoms with Gasteiger partial charge in [-0.3, -0.25) is 9.48 Å². The fraction of sp³-hybridized carbons (Fsp3) is 0.667. The van der Waals surface area contributed by atoms with E-state index in [2.05, 4.69) is 10.4 Å². The van der Waals surface area contributed by atoms with E-state index in [1.54, 1.807) is 10.7 Å². The molecule has 5 nitrogen and oxygen atoms in total. The highest BCUT2D eigenvalue weighted by Gasteiger charge is 2.22. The van der Waals surface area contributed by atoms with Crippen LogP contribution in [0.25, 0.3) is 0 Å². The van der Waals surface area contributed by atoms with Gasteiger partial charge in [0, 0.05) is 18.8 Å². The van der Waals surface area contributed by atoms with E-state index >= 15 is 0 Å². The minimum atomic E-state index is -0.194. The van der Waals surface area contributed by atoms with E-state index in [9.17, 15) is 9.90 Å². The molecule has 1 heterocycles. The number of aromatic nitrogens is 2. The number of nitrogens with one attached hydrogen (secondary N) is 1. The van der Waals surface area contributed by atoms with Crippen LogP contribution in [0.2, 0.25) is 0 Å². The summed E-state index contributed by atoms with van der Waals surface area (Å²) < 4.78 is 1.69. The van der Waals surface area contributed by atoms with E-state index in [1.807, 2.05) is 14.0 Å². The molecule has 0 radical (unpaired) electrons. The number of aliphatic hydroxyl groups excluding tert-OH is 1.